The second-order valence-corrected chi connectivity index (χ2v) is 9.56. The predicted molar refractivity (Wildman–Crippen MR) is 133 cm³/mol. The first kappa shape index (κ1) is 25.8. The van der Waals surface area contributed by atoms with E-state index in [-0.39, 0.29) is 23.4 Å². The van der Waals surface area contributed by atoms with Gasteiger partial charge in [0.15, 0.2) is 5.78 Å². The monoisotopic (exact) mass is 496 g/mol. The SMILES string of the molecule is CC(=O)O/N=C1\CCN(C)C(=O)c2c1ccn2CCCCN1CCC(C(=O)c2ccc(F)cc2)CC1. The maximum Gasteiger partial charge on any atom is 0.331 e. The van der Waals surface area contributed by atoms with Crippen LogP contribution in [0.25, 0.3) is 0 Å². The summed E-state index contributed by atoms with van der Waals surface area (Å²) in [5, 5.41) is 3.99. The molecular formula is C27H33FN4O4. The number of hydrogen-bond acceptors (Lipinski definition) is 6. The van der Waals surface area contributed by atoms with Crippen molar-refractivity contribution >= 4 is 23.4 Å². The summed E-state index contributed by atoms with van der Waals surface area (Å²) < 4.78 is 15.1. The number of ketones is 1. The smallest absolute Gasteiger partial charge is 0.331 e. The summed E-state index contributed by atoms with van der Waals surface area (Å²) in [5.41, 5.74) is 2.50. The van der Waals surface area contributed by atoms with Gasteiger partial charge in [-0.2, -0.15) is 0 Å². The Kier molecular flexibility index (Phi) is 8.30. The maximum atomic E-state index is 13.1. The fraction of sp³-hybridized carbons (Fsp3) is 0.481. The fourth-order valence-corrected chi connectivity index (χ4v) is 4.92. The van der Waals surface area contributed by atoms with E-state index in [9.17, 15) is 18.8 Å². The van der Waals surface area contributed by atoms with E-state index in [1.165, 1.54) is 19.1 Å². The van der Waals surface area contributed by atoms with Crippen LogP contribution in [0.1, 0.15) is 65.4 Å². The van der Waals surface area contributed by atoms with E-state index in [2.05, 4.69) is 10.1 Å². The van der Waals surface area contributed by atoms with Crippen molar-refractivity contribution in [3.63, 3.8) is 0 Å². The van der Waals surface area contributed by atoms with Gasteiger partial charge in [0.2, 0.25) is 0 Å². The largest absolute Gasteiger partial charge is 0.343 e. The van der Waals surface area contributed by atoms with E-state index in [0.29, 0.717) is 36.5 Å². The zero-order valence-corrected chi connectivity index (χ0v) is 20.9. The molecule has 1 aromatic heterocycles. The van der Waals surface area contributed by atoms with Crippen molar-refractivity contribution in [1.82, 2.24) is 14.4 Å². The third kappa shape index (κ3) is 6.07. The van der Waals surface area contributed by atoms with Crippen LogP contribution in [0, 0.1) is 11.7 Å². The molecule has 1 fully saturated rings. The van der Waals surface area contributed by atoms with Gasteiger partial charge in [0.1, 0.15) is 11.5 Å². The Hall–Kier alpha value is -3.33. The van der Waals surface area contributed by atoms with Gasteiger partial charge >= 0.3 is 5.97 Å². The molecule has 1 amide bonds. The average molecular weight is 497 g/mol. The first-order valence-corrected chi connectivity index (χ1v) is 12.5. The molecule has 2 aliphatic heterocycles. The van der Waals surface area contributed by atoms with E-state index in [1.807, 2.05) is 16.8 Å². The fourth-order valence-electron chi connectivity index (χ4n) is 4.92. The number of carbonyl (C=O) groups excluding carboxylic acids is 3. The molecule has 0 bridgehead atoms. The van der Waals surface area contributed by atoms with Gasteiger partial charge in [-0.05, 0) is 75.6 Å². The number of unbranched alkanes of at least 4 members (excludes halogenated alkanes) is 1. The Morgan fingerprint density at radius 1 is 1.06 bits per heavy atom. The van der Waals surface area contributed by atoms with Gasteiger partial charge < -0.3 is 19.2 Å². The summed E-state index contributed by atoms with van der Waals surface area (Å²) in [5.74, 6) is -0.779. The molecule has 0 radical (unpaired) electrons. The van der Waals surface area contributed by atoms with Crippen LogP contribution in [0.4, 0.5) is 4.39 Å². The number of piperidine rings is 1. The number of aryl methyl sites for hydroxylation is 1. The number of oxime groups is 1. The summed E-state index contributed by atoms with van der Waals surface area (Å²) >= 11 is 0. The van der Waals surface area contributed by atoms with Gasteiger partial charge in [-0.3, -0.25) is 9.59 Å². The zero-order chi connectivity index (χ0) is 25.7. The van der Waals surface area contributed by atoms with Gasteiger partial charge in [0.25, 0.3) is 5.91 Å². The van der Waals surface area contributed by atoms with Gasteiger partial charge in [-0.1, -0.05) is 5.16 Å². The van der Waals surface area contributed by atoms with Crippen LogP contribution in [0.15, 0.2) is 41.7 Å². The summed E-state index contributed by atoms with van der Waals surface area (Å²) in [6.45, 7) is 5.19. The lowest BCUT2D eigenvalue weighted by Gasteiger charge is -2.31. The molecule has 2 aromatic rings. The number of aromatic nitrogens is 1. The van der Waals surface area contributed by atoms with E-state index >= 15 is 0 Å². The number of likely N-dealkylation sites (tertiary alicyclic amines) is 1. The molecule has 0 N–H and O–H groups in total. The number of halogens is 1. The van der Waals surface area contributed by atoms with Gasteiger partial charge in [0, 0.05) is 56.7 Å². The quantitative estimate of drug-likeness (QED) is 0.241. The highest BCUT2D eigenvalue weighted by molar-refractivity contribution is 6.11. The summed E-state index contributed by atoms with van der Waals surface area (Å²) in [6, 6.07) is 7.69. The standard InChI is InChI=1S/C27H33FN4O4/c1-19(33)36-29-24-12-15-30(2)27(35)25-23(24)11-18-32(25)14-4-3-13-31-16-9-21(10-17-31)26(34)20-5-7-22(28)8-6-20/h5-8,11,18,21H,3-4,9-10,12-17H2,1-2H3/b29-24+. The van der Waals surface area contributed by atoms with Crippen molar-refractivity contribution in [3.05, 3.63) is 59.2 Å². The molecule has 36 heavy (non-hydrogen) atoms. The molecule has 0 atom stereocenters. The van der Waals surface area contributed by atoms with E-state index in [4.69, 9.17) is 4.84 Å². The molecule has 0 saturated carbocycles. The second kappa shape index (κ2) is 11.6. The Balaban J connectivity index is 1.28. The zero-order valence-electron chi connectivity index (χ0n) is 20.9. The Morgan fingerprint density at radius 3 is 2.44 bits per heavy atom. The van der Waals surface area contributed by atoms with Crippen molar-refractivity contribution in [2.75, 3.05) is 33.2 Å². The summed E-state index contributed by atoms with van der Waals surface area (Å²) in [4.78, 5) is 45.8. The molecule has 192 valence electrons. The van der Waals surface area contributed by atoms with Gasteiger partial charge in [-0.25, -0.2) is 9.18 Å². The molecular weight excluding hydrogens is 463 g/mol. The minimum Gasteiger partial charge on any atom is -0.343 e. The van der Waals surface area contributed by atoms with Crippen LogP contribution in [0.3, 0.4) is 0 Å². The van der Waals surface area contributed by atoms with Crippen LogP contribution in [0.5, 0.6) is 0 Å². The maximum absolute atomic E-state index is 13.1. The first-order chi connectivity index (χ1) is 17.3. The van der Waals surface area contributed by atoms with Crippen LogP contribution in [-0.2, 0) is 16.2 Å². The molecule has 3 heterocycles. The highest BCUT2D eigenvalue weighted by Gasteiger charge is 2.28. The Labute approximate surface area is 210 Å². The number of carbonyl (C=O) groups is 3. The molecule has 1 aromatic carbocycles. The molecule has 9 heteroatoms. The normalized spacial score (nSPS) is 18.2. The number of rotatable bonds is 8. The number of amides is 1. The predicted octanol–water partition coefficient (Wildman–Crippen LogP) is 3.75. The summed E-state index contributed by atoms with van der Waals surface area (Å²) in [6.07, 6.45) is 5.92. The average Bonchev–Trinajstić information content (AvgIpc) is 3.25. The Morgan fingerprint density at radius 2 is 1.75 bits per heavy atom. The number of fused-ring (bicyclic) bond motifs is 1. The highest BCUT2D eigenvalue weighted by atomic mass is 19.1. The third-order valence-corrected chi connectivity index (χ3v) is 7.00. The lowest BCUT2D eigenvalue weighted by molar-refractivity contribution is -0.140. The number of nitrogens with zero attached hydrogens (tertiary/aromatic N) is 4. The van der Waals surface area contributed by atoms with Crippen LogP contribution in [-0.4, -0.2) is 71.0 Å². The molecule has 0 spiro atoms. The number of hydrogen-bond donors (Lipinski definition) is 0. The molecule has 4 rings (SSSR count). The third-order valence-electron chi connectivity index (χ3n) is 7.00. The van der Waals surface area contributed by atoms with Gasteiger partial charge in [0.05, 0.1) is 5.71 Å². The van der Waals surface area contributed by atoms with Crippen LogP contribution >= 0.6 is 0 Å². The molecule has 8 nitrogen and oxygen atoms in total. The molecule has 0 unspecified atom stereocenters. The van der Waals surface area contributed by atoms with Crippen molar-refractivity contribution < 1.29 is 23.6 Å². The minimum absolute atomic E-state index is 0.00659. The van der Waals surface area contributed by atoms with Crippen molar-refractivity contribution in [2.24, 2.45) is 11.1 Å². The second-order valence-electron chi connectivity index (χ2n) is 9.56. The van der Waals surface area contributed by atoms with E-state index in [1.54, 1.807) is 24.1 Å². The number of benzene rings is 1. The lowest BCUT2D eigenvalue weighted by Crippen LogP contribution is -2.37. The summed E-state index contributed by atoms with van der Waals surface area (Å²) in [7, 11) is 1.77. The first-order valence-electron chi connectivity index (χ1n) is 12.5. The van der Waals surface area contributed by atoms with E-state index < -0.39 is 5.97 Å². The lowest BCUT2D eigenvalue weighted by atomic mass is 9.89. The molecule has 0 aliphatic carbocycles. The molecule has 1 saturated heterocycles. The number of Topliss-reactive ketones (excluding diaryl/α,β-unsaturated/α-hetero) is 1. The van der Waals surface area contributed by atoms with Crippen molar-refractivity contribution in [3.8, 4) is 0 Å². The molecule has 2 aliphatic rings. The van der Waals surface area contributed by atoms with Crippen molar-refractivity contribution in [1.29, 1.82) is 0 Å². The van der Waals surface area contributed by atoms with Gasteiger partial charge in [-0.15, -0.1) is 0 Å². The van der Waals surface area contributed by atoms with Crippen LogP contribution in [0.2, 0.25) is 0 Å². The highest BCUT2D eigenvalue weighted by Crippen LogP contribution is 2.23. The topological polar surface area (TPSA) is 84.2 Å². The van der Waals surface area contributed by atoms with Crippen molar-refractivity contribution in [2.45, 2.75) is 45.6 Å². The van der Waals surface area contributed by atoms with E-state index in [0.717, 1.165) is 50.9 Å². The Bertz CT molecular complexity index is 1130. The van der Waals surface area contributed by atoms with Crippen LogP contribution < -0.4 is 0 Å². The minimum atomic E-state index is -0.490.